The molecule has 1 unspecified atom stereocenters. The Kier molecular flexibility index (Phi) is 2.82. The highest BCUT2D eigenvalue weighted by Gasteiger charge is 2.20. The first-order valence-corrected chi connectivity index (χ1v) is 5.45. The number of hydrogen-bond acceptors (Lipinski definition) is 3. The summed E-state index contributed by atoms with van der Waals surface area (Å²) in [5.41, 5.74) is 9.21. The van der Waals surface area contributed by atoms with Crippen LogP contribution in [0.5, 0.6) is 0 Å². The van der Waals surface area contributed by atoms with Gasteiger partial charge in [0.2, 0.25) is 0 Å². The molecule has 1 atom stereocenters. The Morgan fingerprint density at radius 3 is 3.07 bits per heavy atom. The molecule has 0 radical (unpaired) electrons. The lowest BCUT2D eigenvalue weighted by Crippen LogP contribution is -2.28. The molecule has 3 N–H and O–H groups in total. The van der Waals surface area contributed by atoms with Gasteiger partial charge in [0.25, 0.3) is 0 Å². The number of rotatable bonds is 3. The lowest BCUT2D eigenvalue weighted by Gasteiger charge is -2.22. The number of nitrogens with zero attached hydrogens (tertiary/aromatic N) is 1. The van der Waals surface area contributed by atoms with E-state index in [0.717, 1.165) is 25.2 Å². The van der Waals surface area contributed by atoms with Gasteiger partial charge in [-0.2, -0.15) is 0 Å². The number of anilines is 2. The lowest BCUT2D eigenvalue weighted by molar-refractivity contribution is 0.239. The fraction of sp³-hybridized carbons (Fsp3) is 0.500. The molecule has 0 aromatic heterocycles. The van der Waals surface area contributed by atoms with Crippen LogP contribution >= 0.6 is 0 Å². The fourth-order valence-corrected chi connectivity index (χ4v) is 2.09. The highest BCUT2D eigenvalue weighted by atomic mass is 16.3. The molecule has 0 saturated heterocycles. The van der Waals surface area contributed by atoms with Crippen LogP contribution in [0, 0.1) is 5.92 Å². The summed E-state index contributed by atoms with van der Waals surface area (Å²) < 4.78 is 0. The van der Waals surface area contributed by atoms with E-state index in [0.29, 0.717) is 5.92 Å². The number of hydrogen-bond donors (Lipinski definition) is 2. The minimum atomic E-state index is 0.244. The molecule has 1 aliphatic rings. The molecule has 1 aliphatic heterocycles. The summed E-state index contributed by atoms with van der Waals surface area (Å²) >= 11 is 0. The summed E-state index contributed by atoms with van der Waals surface area (Å²) in [4.78, 5) is 2.31. The Morgan fingerprint density at radius 1 is 1.53 bits per heavy atom. The van der Waals surface area contributed by atoms with Crippen molar-refractivity contribution in [2.24, 2.45) is 5.92 Å². The monoisotopic (exact) mass is 206 g/mol. The van der Waals surface area contributed by atoms with E-state index >= 15 is 0 Å². The Balaban J connectivity index is 2.16. The zero-order valence-electron chi connectivity index (χ0n) is 9.11. The van der Waals surface area contributed by atoms with E-state index in [4.69, 9.17) is 10.8 Å². The summed E-state index contributed by atoms with van der Waals surface area (Å²) in [6, 6.07) is 6.10. The van der Waals surface area contributed by atoms with Crippen LogP contribution in [-0.2, 0) is 6.42 Å². The van der Waals surface area contributed by atoms with Crippen LogP contribution in [0.1, 0.15) is 12.5 Å². The summed E-state index contributed by atoms with van der Waals surface area (Å²) in [5.74, 6) is 0.317. The number of fused-ring (bicyclic) bond motifs is 1. The Hall–Kier alpha value is -1.22. The molecule has 3 heteroatoms. The van der Waals surface area contributed by atoms with Crippen LogP contribution in [0.4, 0.5) is 11.4 Å². The molecular formula is C12H18N2O. The zero-order valence-corrected chi connectivity index (χ0v) is 9.11. The standard InChI is InChI=1S/C12H18N2O/c1-9(8-15)7-14-5-4-10-2-3-11(13)6-12(10)14/h2-3,6,9,15H,4-5,7-8,13H2,1H3. The third kappa shape index (κ3) is 2.07. The topological polar surface area (TPSA) is 49.5 Å². The molecular weight excluding hydrogens is 188 g/mol. The van der Waals surface area contributed by atoms with Gasteiger partial charge >= 0.3 is 0 Å². The summed E-state index contributed by atoms with van der Waals surface area (Å²) in [6.07, 6.45) is 1.09. The number of aliphatic hydroxyl groups excluding tert-OH is 1. The molecule has 82 valence electrons. The highest BCUT2D eigenvalue weighted by Crippen LogP contribution is 2.30. The maximum absolute atomic E-state index is 9.05. The van der Waals surface area contributed by atoms with Crippen LogP contribution < -0.4 is 10.6 Å². The average Bonchev–Trinajstić information content (AvgIpc) is 2.61. The van der Waals surface area contributed by atoms with Crippen molar-refractivity contribution >= 4 is 11.4 Å². The van der Waals surface area contributed by atoms with Gasteiger partial charge in [0.05, 0.1) is 0 Å². The largest absolute Gasteiger partial charge is 0.399 e. The van der Waals surface area contributed by atoms with Crippen LogP contribution in [0.15, 0.2) is 18.2 Å². The molecule has 0 spiro atoms. The van der Waals surface area contributed by atoms with Crippen LogP contribution in [-0.4, -0.2) is 24.8 Å². The van der Waals surface area contributed by atoms with E-state index in [9.17, 15) is 0 Å². The number of benzene rings is 1. The predicted molar refractivity (Wildman–Crippen MR) is 63.0 cm³/mol. The molecule has 15 heavy (non-hydrogen) atoms. The van der Waals surface area contributed by atoms with Gasteiger partial charge in [-0.3, -0.25) is 0 Å². The van der Waals surface area contributed by atoms with Gasteiger partial charge in [-0.05, 0) is 30.0 Å². The van der Waals surface area contributed by atoms with Crippen LogP contribution in [0.2, 0.25) is 0 Å². The van der Waals surface area contributed by atoms with Crippen molar-refractivity contribution in [3.8, 4) is 0 Å². The van der Waals surface area contributed by atoms with E-state index in [1.54, 1.807) is 0 Å². The van der Waals surface area contributed by atoms with Crippen molar-refractivity contribution in [1.29, 1.82) is 0 Å². The molecule has 1 aromatic carbocycles. The minimum absolute atomic E-state index is 0.244. The van der Waals surface area contributed by atoms with Crippen molar-refractivity contribution in [2.45, 2.75) is 13.3 Å². The molecule has 0 amide bonds. The Labute approximate surface area is 90.5 Å². The predicted octanol–water partition coefficient (Wildman–Crippen LogP) is 1.26. The van der Waals surface area contributed by atoms with Gasteiger partial charge < -0.3 is 15.7 Å². The summed E-state index contributed by atoms with van der Waals surface area (Å²) in [6.45, 7) is 4.26. The quantitative estimate of drug-likeness (QED) is 0.732. The van der Waals surface area contributed by atoms with Gasteiger partial charge in [-0.15, -0.1) is 0 Å². The molecule has 0 aliphatic carbocycles. The summed E-state index contributed by atoms with van der Waals surface area (Å²) in [7, 11) is 0. The smallest absolute Gasteiger partial charge is 0.0473 e. The third-order valence-corrected chi connectivity index (χ3v) is 2.94. The zero-order chi connectivity index (χ0) is 10.8. The van der Waals surface area contributed by atoms with Crippen molar-refractivity contribution in [2.75, 3.05) is 30.3 Å². The Bertz CT molecular complexity index is 351. The van der Waals surface area contributed by atoms with Crippen molar-refractivity contribution in [3.63, 3.8) is 0 Å². The van der Waals surface area contributed by atoms with E-state index < -0.39 is 0 Å². The van der Waals surface area contributed by atoms with Crippen molar-refractivity contribution in [1.82, 2.24) is 0 Å². The normalized spacial score (nSPS) is 16.5. The second-order valence-electron chi connectivity index (χ2n) is 4.37. The average molecular weight is 206 g/mol. The molecule has 0 fully saturated rings. The van der Waals surface area contributed by atoms with Crippen LogP contribution in [0.3, 0.4) is 0 Å². The maximum atomic E-state index is 9.05. The van der Waals surface area contributed by atoms with E-state index in [1.165, 1.54) is 11.3 Å². The number of nitrogen functional groups attached to an aromatic ring is 1. The summed E-state index contributed by atoms with van der Waals surface area (Å²) in [5, 5.41) is 9.05. The van der Waals surface area contributed by atoms with Crippen molar-refractivity contribution < 1.29 is 5.11 Å². The van der Waals surface area contributed by atoms with Crippen molar-refractivity contribution in [3.05, 3.63) is 23.8 Å². The first kappa shape index (κ1) is 10.3. The van der Waals surface area contributed by atoms with Gasteiger partial charge in [0.1, 0.15) is 0 Å². The number of nitrogens with two attached hydrogens (primary N) is 1. The van der Waals surface area contributed by atoms with Gasteiger partial charge in [-0.1, -0.05) is 13.0 Å². The third-order valence-electron chi connectivity index (χ3n) is 2.94. The molecule has 2 rings (SSSR count). The van der Waals surface area contributed by atoms with Crippen LogP contribution in [0.25, 0.3) is 0 Å². The highest BCUT2D eigenvalue weighted by molar-refractivity contribution is 5.64. The second kappa shape index (κ2) is 4.11. The lowest BCUT2D eigenvalue weighted by atomic mass is 10.1. The van der Waals surface area contributed by atoms with Gasteiger partial charge in [0, 0.05) is 31.1 Å². The molecule has 1 heterocycles. The number of aliphatic hydroxyl groups is 1. The first-order valence-electron chi connectivity index (χ1n) is 5.45. The van der Waals surface area contributed by atoms with E-state index in [-0.39, 0.29) is 6.61 Å². The second-order valence-corrected chi connectivity index (χ2v) is 4.37. The molecule has 0 saturated carbocycles. The Morgan fingerprint density at radius 2 is 2.33 bits per heavy atom. The van der Waals surface area contributed by atoms with E-state index in [2.05, 4.69) is 17.9 Å². The van der Waals surface area contributed by atoms with Gasteiger partial charge in [-0.25, -0.2) is 0 Å². The molecule has 1 aromatic rings. The SMILES string of the molecule is CC(CO)CN1CCc2ccc(N)cc21. The first-order chi connectivity index (χ1) is 7.20. The van der Waals surface area contributed by atoms with Gasteiger partial charge in [0.15, 0.2) is 0 Å². The van der Waals surface area contributed by atoms with E-state index in [1.807, 2.05) is 12.1 Å². The minimum Gasteiger partial charge on any atom is -0.399 e. The fourth-order valence-electron chi connectivity index (χ4n) is 2.09. The molecule has 0 bridgehead atoms. The molecule has 3 nitrogen and oxygen atoms in total. The maximum Gasteiger partial charge on any atom is 0.0473 e.